The molecule has 1 unspecified atom stereocenters. The molecule has 2 saturated heterocycles. The number of alkyl halides is 2. The molecule has 0 saturated carbocycles. The maximum absolute atomic E-state index is 13.6. The summed E-state index contributed by atoms with van der Waals surface area (Å²) < 4.78 is 37.4. The van der Waals surface area contributed by atoms with Crippen molar-refractivity contribution in [2.45, 2.75) is 48.7 Å². The number of fused-ring (bicyclic) bond motifs is 1. The number of aliphatic hydroxyl groups is 2. The molecule has 3 amide bonds. The third-order valence-corrected chi connectivity index (χ3v) is 7.46. The van der Waals surface area contributed by atoms with Crippen molar-refractivity contribution < 1.29 is 52.4 Å². The number of nitrogens with one attached hydrogen (secondary N) is 4. The molecule has 202 valence electrons. The van der Waals surface area contributed by atoms with Crippen LogP contribution >= 0.6 is 0 Å². The zero-order valence-corrected chi connectivity index (χ0v) is 19.5. The highest BCUT2D eigenvalue weighted by atomic mass is 19.3. The summed E-state index contributed by atoms with van der Waals surface area (Å²) >= 11 is 0. The van der Waals surface area contributed by atoms with E-state index in [4.69, 9.17) is 11.5 Å². The molecule has 10 N–H and O–H groups in total. The highest BCUT2D eigenvalue weighted by molar-refractivity contribution is 6.02. The van der Waals surface area contributed by atoms with E-state index in [2.05, 4.69) is 30.4 Å². The molecule has 4 atom stereocenters. The molecule has 2 fully saturated rings. The Morgan fingerprint density at radius 1 is 1.24 bits per heavy atom. The fraction of sp³-hybridized carbons (Fsp3) is 0.476. The Labute approximate surface area is 212 Å². The summed E-state index contributed by atoms with van der Waals surface area (Å²) in [5.41, 5.74) is 10.1. The van der Waals surface area contributed by atoms with Crippen molar-refractivity contribution in [1.82, 2.24) is 20.9 Å². The van der Waals surface area contributed by atoms with E-state index in [-0.39, 0.29) is 61.0 Å². The number of guanidine groups is 2. The largest absolute Gasteiger partial charge is 0.586 e. The molecule has 1 aromatic rings. The van der Waals surface area contributed by atoms with Crippen LogP contribution < -0.4 is 41.9 Å². The number of para-hydroxylation sites is 1. The second-order valence-corrected chi connectivity index (χ2v) is 9.62. The van der Waals surface area contributed by atoms with Gasteiger partial charge in [-0.05, 0) is 12.1 Å². The lowest BCUT2D eigenvalue weighted by molar-refractivity contribution is -0.674. The highest BCUT2D eigenvalue weighted by Gasteiger charge is 2.78. The molecule has 15 nitrogen and oxygen atoms in total. The van der Waals surface area contributed by atoms with Crippen molar-refractivity contribution in [3.8, 4) is 11.5 Å². The fourth-order valence-electron chi connectivity index (χ4n) is 5.80. The minimum Gasteiger partial charge on any atom is -0.395 e. The first-order chi connectivity index (χ1) is 17.8. The number of halogens is 2. The lowest BCUT2D eigenvalue weighted by Crippen LogP contribution is -2.92. The van der Waals surface area contributed by atoms with Crippen molar-refractivity contribution >= 4 is 29.6 Å². The van der Waals surface area contributed by atoms with Gasteiger partial charge < -0.3 is 25.0 Å². The number of carbonyl (C=O) groups excluding carboxylic acids is 3. The molecular weight excluding hydrogens is 514 g/mol. The third kappa shape index (κ3) is 3.21. The summed E-state index contributed by atoms with van der Waals surface area (Å²) in [6, 6.07) is 0.482. The van der Waals surface area contributed by atoms with Gasteiger partial charge in [0.1, 0.15) is 12.1 Å². The van der Waals surface area contributed by atoms with Gasteiger partial charge in [0.25, 0.3) is 17.4 Å². The van der Waals surface area contributed by atoms with Crippen LogP contribution in [0.2, 0.25) is 0 Å². The third-order valence-electron chi connectivity index (χ3n) is 7.46. The van der Waals surface area contributed by atoms with Crippen LogP contribution in [0.3, 0.4) is 0 Å². The molecule has 0 bridgehead atoms. The Morgan fingerprint density at radius 2 is 1.95 bits per heavy atom. The van der Waals surface area contributed by atoms with Crippen LogP contribution in [0.1, 0.15) is 23.2 Å². The van der Waals surface area contributed by atoms with Gasteiger partial charge in [-0.25, -0.2) is 9.89 Å². The van der Waals surface area contributed by atoms with E-state index < -0.39 is 47.5 Å². The van der Waals surface area contributed by atoms with Crippen molar-refractivity contribution in [1.29, 1.82) is 0 Å². The summed E-state index contributed by atoms with van der Waals surface area (Å²) in [5, 5.41) is 31.3. The first-order valence-corrected chi connectivity index (χ1v) is 11.7. The smallest absolute Gasteiger partial charge is 0.395 e. The zero-order chi connectivity index (χ0) is 27.2. The van der Waals surface area contributed by atoms with Gasteiger partial charge in [-0.3, -0.25) is 41.1 Å². The van der Waals surface area contributed by atoms with Crippen LogP contribution in [-0.2, 0) is 9.59 Å². The molecule has 1 aromatic carbocycles. The molecule has 0 radical (unpaired) electrons. The van der Waals surface area contributed by atoms with Gasteiger partial charge in [0, 0.05) is 12.8 Å². The predicted molar refractivity (Wildman–Crippen MR) is 118 cm³/mol. The quantitative estimate of drug-likeness (QED) is 0.103. The lowest BCUT2D eigenvalue weighted by atomic mass is 9.85. The molecule has 0 aliphatic carbocycles. The lowest BCUT2D eigenvalue weighted by Gasteiger charge is -2.41. The van der Waals surface area contributed by atoms with Crippen molar-refractivity contribution in [2.24, 2.45) is 11.5 Å². The maximum atomic E-state index is 13.6. The monoisotopic (exact) mass is 538 g/mol. The van der Waals surface area contributed by atoms with Crippen LogP contribution in [0.15, 0.2) is 18.2 Å². The summed E-state index contributed by atoms with van der Waals surface area (Å²) in [6.07, 6.45) is -3.84. The molecule has 5 aliphatic rings. The summed E-state index contributed by atoms with van der Waals surface area (Å²) in [4.78, 5) is 41.6. The minimum atomic E-state index is -3.97. The van der Waals surface area contributed by atoms with Gasteiger partial charge in [-0.15, -0.1) is 8.78 Å². The van der Waals surface area contributed by atoms with Gasteiger partial charge in [0.15, 0.2) is 17.5 Å². The van der Waals surface area contributed by atoms with E-state index in [1.54, 1.807) is 0 Å². The molecular formula is C21H24F2N8O7+2. The van der Waals surface area contributed by atoms with Gasteiger partial charge >= 0.3 is 18.2 Å². The number of likely N-dealkylation sites (tertiary alicyclic amines) is 1. The number of rotatable bonds is 4. The second kappa shape index (κ2) is 7.64. The SMILES string of the molecule is NC1=[NH+][C@H]2[C@H](CN3C(=O)CCC3=O)NC(N)=[N+]3CC(NC(=O)c4cccc5c4OC(F)(F)O5)C(O)(O)[C@]23N1. The van der Waals surface area contributed by atoms with Crippen molar-refractivity contribution in [3.63, 3.8) is 0 Å². The minimum absolute atomic E-state index is 0.0458. The number of carbonyl (C=O) groups is 3. The van der Waals surface area contributed by atoms with E-state index in [0.717, 1.165) is 4.90 Å². The van der Waals surface area contributed by atoms with E-state index in [1.165, 1.54) is 22.8 Å². The van der Waals surface area contributed by atoms with E-state index in [0.29, 0.717) is 0 Å². The zero-order valence-electron chi connectivity index (χ0n) is 19.5. The Balaban J connectivity index is 1.31. The Hall–Kier alpha value is -4.25. The number of imide groups is 1. The second-order valence-electron chi connectivity index (χ2n) is 9.62. The Bertz CT molecular complexity index is 1330. The van der Waals surface area contributed by atoms with Gasteiger partial charge in [-0.1, -0.05) is 6.07 Å². The fourth-order valence-corrected chi connectivity index (χ4v) is 5.80. The van der Waals surface area contributed by atoms with Crippen molar-refractivity contribution in [2.75, 3.05) is 13.1 Å². The standard InChI is InChI=1S/C21H22F2N8O7/c22-21(23)37-10-3-1-2-8(14(10)38-21)16(34)27-11-7-31-18(25)26-9(6-30-12(32)4-5-13(30)33)15-19(31,20(11,35)36)29-17(24)28-15/h1-3,9,11,15,35-36H,4-7H2,(H6,24,25,26,27,28,29,34)/p+2/t9-,11?,15-,19-/m0/s1. The Morgan fingerprint density at radius 3 is 2.66 bits per heavy atom. The molecule has 6 rings (SSSR count). The Kier molecular flexibility index (Phi) is 4.84. The average Bonchev–Trinajstić information content (AvgIpc) is 3.52. The van der Waals surface area contributed by atoms with Crippen LogP contribution in [0.4, 0.5) is 8.78 Å². The van der Waals surface area contributed by atoms with Crippen molar-refractivity contribution in [3.05, 3.63) is 23.8 Å². The molecule has 5 heterocycles. The topological polar surface area (TPSA) is 218 Å². The maximum Gasteiger partial charge on any atom is 0.586 e. The normalized spacial score (nSPS) is 31.9. The molecule has 38 heavy (non-hydrogen) atoms. The highest BCUT2D eigenvalue weighted by Crippen LogP contribution is 2.44. The number of hydrogen-bond acceptors (Lipinski definition) is 11. The van der Waals surface area contributed by atoms with Crippen LogP contribution in [0, 0.1) is 0 Å². The summed E-state index contributed by atoms with van der Waals surface area (Å²) in [7, 11) is 0. The average molecular weight is 538 g/mol. The van der Waals surface area contributed by atoms with E-state index in [1.807, 2.05) is 0 Å². The van der Waals surface area contributed by atoms with Gasteiger partial charge in [-0.2, -0.15) is 0 Å². The number of hydrogen-bond donors (Lipinski definition) is 8. The number of nitrogens with zero attached hydrogens (tertiary/aromatic N) is 2. The molecule has 1 spiro atoms. The first kappa shape index (κ1) is 24.1. The molecule has 0 aromatic heterocycles. The summed E-state index contributed by atoms with van der Waals surface area (Å²) in [6.45, 7) is -0.401. The number of benzene rings is 1. The van der Waals surface area contributed by atoms with Gasteiger partial charge in [0.2, 0.25) is 11.8 Å². The first-order valence-electron chi connectivity index (χ1n) is 11.7. The molecule has 17 heteroatoms. The number of ether oxygens (including phenoxy) is 2. The molecule has 5 aliphatic heterocycles. The number of amides is 3. The number of nitrogens with two attached hydrogens (primary N) is 2. The summed E-state index contributed by atoms with van der Waals surface area (Å²) in [5.74, 6) is -5.43. The predicted octanol–water partition coefficient (Wildman–Crippen LogP) is -5.69. The van der Waals surface area contributed by atoms with E-state index >= 15 is 0 Å². The van der Waals surface area contributed by atoms with Crippen LogP contribution in [0.5, 0.6) is 11.5 Å². The van der Waals surface area contributed by atoms with Gasteiger partial charge in [0.05, 0.1) is 18.7 Å². The van der Waals surface area contributed by atoms with Crippen LogP contribution in [0.25, 0.3) is 0 Å². The van der Waals surface area contributed by atoms with E-state index in [9.17, 15) is 33.4 Å². The van der Waals surface area contributed by atoms with Crippen LogP contribution in [-0.4, -0.2) is 98.3 Å².